The van der Waals surface area contributed by atoms with E-state index in [1.165, 1.54) is 16.8 Å². The number of amides is 3. The summed E-state index contributed by atoms with van der Waals surface area (Å²) in [6.45, 7) is 6.56. The van der Waals surface area contributed by atoms with Gasteiger partial charge in [-0.25, -0.2) is 17.5 Å². The molecule has 32 heavy (non-hydrogen) atoms. The molecule has 176 valence electrons. The number of nitrogens with zero attached hydrogens (tertiary/aromatic N) is 3. The first-order valence-electron chi connectivity index (χ1n) is 11.7. The smallest absolute Gasteiger partial charge is 0.331 e. The number of piperazine rings is 1. The molecule has 4 rings (SSSR count). The van der Waals surface area contributed by atoms with E-state index in [4.69, 9.17) is 0 Å². The van der Waals surface area contributed by atoms with Crippen molar-refractivity contribution in [3.63, 3.8) is 0 Å². The number of sulfonamides is 1. The lowest BCUT2D eigenvalue weighted by molar-refractivity contribution is -0.133. The molecule has 2 heterocycles. The second kappa shape index (κ2) is 9.29. The second-order valence-corrected chi connectivity index (χ2v) is 11.4. The topological polar surface area (TPSA) is 90.0 Å². The molecule has 0 aromatic heterocycles. The van der Waals surface area contributed by atoms with Crippen molar-refractivity contribution in [2.45, 2.75) is 52.0 Å². The molecule has 3 aliphatic rings. The molecule has 2 saturated heterocycles. The number of rotatable bonds is 5. The molecule has 0 bridgehead atoms. The van der Waals surface area contributed by atoms with Gasteiger partial charge in [0, 0.05) is 31.9 Å². The van der Waals surface area contributed by atoms with Gasteiger partial charge < -0.3 is 15.1 Å². The third-order valence-electron chi connectivity index (χ3n) is 6.97. The van der Waals surface area contributed by atoms with Crippen molar-refractivity contribution in [1.82, 2.24) is 14.5 Å². The molecule has 1 aromatic carbocycles. The van der Waals surface area contributed by atoms with Crippen molar-refractivity contribution < 1.29 is 18.0 Å². The van der Waals surface area contributed by atoms with Gasteiger partial charge in [0.25, 0.3) is 0 Å². The Morgan fingerprint density at radius 1 is 1.06 bits per heavy atom. The Morgan fingerprint density at radius 3 is 2.44 bits per heavy atom. The van der Waals surface area contributed by atoms with Crippen molar-refractivity contribution in [3.05, 3.63) is 29.3 Å². The number of benzene rings is 1. The van der Waals surface area contributed by atoms with Gasteiger partial charge in [-0.3, -0.25) is 4.79 Å². The van der Waals surface area contributed by atoms with Gasteiger partial charge in [-0.1, -0.05) is 31.4 Å². The van der Waals surface area contributed by atoms with Crippen LogP contribution >= 0.6 is 0 Å². The van der Waals surface area contributed by atoms with Gasteiger partial charge in [0.15, 0.2) is 0 Å². The zero-order valence-corrected chi connectivity index (χ0v) is 19.9. The highest BCUT2D eigenvalue weighted by atomic mass is 32.2. The lowest BCUT2D eigenvalue weighted by Gasteiger charge is -2.37. The summed E-state index contributed by atoms with van der Waals surface area (Å²) in [4.78, 5) is 29.5. The highest BCUT2D eigenvalue weighted by molar-refractivity contribution is 7.89. The van der Waals surface area contributed by atoms with Crippen LogP contribution < -0.4 is 10.2 Å². The lowest BCUT2D eigenvalue weighted by Crippen LogP contribution is -2.54. The van der Waals surface area contributed by atoms with Crippen LogP contribution in [0.2, 0.25) is 0 Å². The second-order valence-electron chi connectivity index (χ2n) is 9.42. The zero-order chi connectivity index (χ0) is 22.9. The van der Waals surface area contributed by atoms with Crippen molar-refractivity contribution in [2.75, 3.05) is 43.4 Å². The lowest BCUT2D eigenvalue weighted by atomic mass is 9.91. The van der Waals surface area contributed by atoms with Crippen molar-refractivity contribution in [3.8, 4) is 0 Å². The summed E-state index contributed by atoms with van der Waals surface area (Å²) < 4.78 is 26.6. The van der Waals surface area contributed by atoms with Crippen LogP contribution in [0.1, 0.15) is 43.2 Å². The van der Waals surface area contributed by atoms with Crippen LogP contribution in [-0.2, 0) is 14.8 Å². The maximum atomic E-state index is 13.0. The van der Waals surface area contributed by atoms with Gasteiger partial charge in [0.2, 0.25) is 15.9 Å². The summed E-state index contributed by atoms with van der Waals surface area (Å²) in [5, 5.41) is 2.61. The zero-order valence-electron chi connectivity index (χ0n) is 19.0. The first-order valence-corrected chi connectivity index (χ1v) is 13.3. The van der Waals surface area contributed by atoms with E-state index in [9.17, 15) is 18.0 Å². The Hall–Kier alpha value is -2.29. The molecule has 3 fully saturated rings. The molecule has 1 atom stereocenters. The molecule has 2 aliphatic heterocycles. The normalized spacial score (nSPS) is 22.9. The minimum Gasteiger partial charge on any atom is -0.368 e. The van der Waals surface area contributed by atoms with E-state index >= 15 is 0 Å². The van der Waals surface area contributed by atoms with E-state index in [0.717, 1.165) is 36.4 Å². The summed E-state index contributed by atoms with van der Waals surface area (Å²) in [5.41, 5.74) is 3.59. The van der Waals surface area contributed by atoms with Crippen molar-refractivity contribution >= 4 is 27.6 Å². The van der Waals surface area contributed by atoms with Gasteiger partial charge in [-0.2, -0.15) is 0 Å². The number of nitrogens with one attached hydrogen (secondary N) is 1. The molecule has 0 spiro atoms. The third-order valence-corrected chi connectivity index (χ3v) is 8.85. The van der Waals surface area contributed by atoms with E-state index in [0.29, 0.717) is 26.2 Å². The van der Waals surface area contributed by atoms with Gasteiger partial charge in [0.1, 0.15) is 6.04 Å². The Labute approximate surface area is 191 Å². The molecule has 9 heteroatoms. The fraction of sp³-hybridized carbons (Fsp3) is 0.652. The van der Waals surface area contributed by atoms with E-state index < -0.39 is 22.1 Å². The van der Waals surface area contributed by atoms with Gasteiger partial charge in [-0.15, -0.1) is 0 Å². The first-order chi connectivity index (χ1) is 15.2. The van der Waals surface area contributed by atoms with Gasteiger partial charge in [0.05, 0.1) is 12.3 Å². The maximum Gasteiger partial charge on any atom is 0.331 e. The fourth-order valence-corrected chi connectivity index (χ4v) is 6.88. The Morgan fingerprint density at radius 2 is 1.75 bits per heavy atom. The summed E-state index contributed by atoms with van der Waals surface area (Å²) in [6, 6.07) is 4.89. The summed E-state index contributed by atoms with van der Waals surface area (Å²) in [7, 11) is -3.72. The number of hydrogen-bond donors (Lipinski definition) is 1. The SMILES string of the molecule is Cc1ccc(C)c(N2CCN(C(=O)C3CN(S(=O)(=O)CC4CCCCC4)C(=O)N3)CC2)c1. The van der Waals surface area contributed by atoms with E-state index in [1.54, 1.807) is 4.90 Å². The van der Waals surface area contributed by atoms with E-state index in [1.807, 2.05) is 0 Å². The van der Waals surface area contributed by atoms with E-state index in [-0.39, 0.29) is 24.1 Å². The quantitative estimate of drug-likeness (QED) is 0.725. The summed E-state index contributed by atoms with van der Waals surface area (Å²) >= 11 is 0. The Kier molecular flexibility index (Phi) is 6.65. The molecular weight excluding hydrogens is 428 g/mol. The molecule has 1 unspecified atom stereocenters. The monoisotopic (exact) mass is 462 g/mol. The molecule has 1 saturated carbocycles. The number of carbonyl (C=O) groups is 2. The van der Waals surface area contributed by atoms with Crippen LogP contribution in [0.25, 0.3) is 0 Å². The van der Waals surface area contributed by atoms with Crippen LogP contribution in [0.5, 0.6) is 0 Å². The Bertz CT molecular complexity index is 966. The molecule has 1 aliphatic carbocycles. The van der Waals surface area contributed by atoms with Crippen molar-refractivity contribution in [2.24, 2.45) is 5.92 Å². The van der Waals surface area contributed by atoms with Crippen LogP contribution in [0.3, 0.4) is 0 Å². The molecule has 0 radical (unpaired) electrons. The molecule has 1 N–H and O–H groups in total. The first kappa shape index (κ1) is 22.9. The summed E-state index contributed by atoms with van der Waals surface area (Å²) in [5.74, 6) is -0.0978. The molecule has 1 aromatic rings. The molecule has 8 nitrogen and oxygen atoms in total. The third kappa shape index (κ3) is 4.87. The van der Waals surface area contributed by atoms with Crippen LogP contribution in [0, 0.1) is 19.8 Å². The number of aryl methyl sites for hydroxylation is 2. The average molecular weight is 463 g/mol. The van der Waals surface area contributed by atoms with Crippen LogP contribution in [0.4, 0.5) is 10.5 Å². The predicted molar refractivity (Wildman–Crippen MR) is 124 cm³/mol. The number of hydrogen-bond acceptors (Lipinski definition) is 5. The highest BCUT2D eigenvalue weighted by Gasteiger charge is 2.42. The Balaban J connectivity index is 1.34. The van der Waals surface area contributed by atoms with Gasteiger partial charge in [-0.05, 0) is 49.8 Å². The maximum absolute atomic E-state index is 13.0. The largest absolute Gasteiger partial charge is 0.368 e. The summed E-state index contributed by atoms with van der Waals surface area (Å²) in [6.07, 6.45) is 5.01. The van der Waals surface area contributed by atoms with Gasteiger partial charge >= 0.3 is 6.03 Å². The average Bonchev–Trinajstić information content (AvgIpc) is 3.18. The van der Waals surface area contributed by atoms with Crippen molar-refractivity contribution in [1.29, 1.82) is 0 Å². The standard InChI is InChI=1S/C23H34N4O4S/c1-17-8-9-18(2)21(14-17)25-10-12-26(13-11-25)22(28)20-15-27(23(29)24-20)32(30,31)16-19-6-4-3-5-7-19/h8-9,14,19-20H,3-7,10-13,15-16H2,1-2H3,(H,24,29). The minimum absolute atomic E-state index is 0.00412. The number of anilines is 1. The minimum atomic E-state index is -3.72. The molecular formula is C23H34N4O4S. The highest BCUT2D eigenvalue weighted by Crippen LogP contribution is 2.27. The number of carbonyl (C=O) groups excluding carboxylic acids is 2. The molecule has 3 amide bonds. The van der Waals surface area contributed by atoms with Crippen LogP contribution in [-0.4, -0.2) is 74.1 Å². The van der Waals surface area contributed by atoms with Crippen LogP contribution in [0.15, 0.2) is 18.2 Å². The fourth-order valence-electron chi connectivity index (χ4n) is 5.09. The number of urea groups is 1. The van der Waals surface area contributed by atoms with E-state index in [2.05, 4.69) is 42.3 Å². The predicted octanol–water partition coefficient (Wildman–Crippen LogP) is 2.26.